The van der Waals surface area contributed by atoms with Gasteiger partial charge >= 0.3 is 6.01 Å². The number of para-hydroxylation sites is 1. The fourth-order valence-electron chi connectivity index (χ4n) is 1.91. The summed E-state index contributed by atoms with van der Waals surface area (Å²) in [5.74, 6) is 0.631. The number of nitrogens with one attached hydrogen (secondary N) is 1. The number of rotatable bonds is 6. The van der Waals surface area contributed by atoms with Crippen LogP contribution in [0.25, 0.3) is 6.08 Å². The van der Waals surface area contributed by atoms with E-state index in [1.165, 1.54) is 6.08 Å². The summed E-state index contributed by atoms with van der Waals surface area (Å²) >= 11 is 0. The maximum atomic E-state index is 11.8. The van der Waals surface area contributed by atoms with E-state index in [1.54, 1.807) is 6.08 Å². The van der Waals surface area contributed by atoms with Gasteiger partial charge < -0.3 is 9.15 Å². The van der Waals surface area contributed by atoms with Crippen molar-refractivity contribution in [3.05, 3.63) is 78.2 Å². The van der Waals surface area contributed by atoms with Crippen molar-refractivity contribution in [2.75, 3.05) is 5.32 Å². The number of carbonyl (C=O) groups excluding carboxylic acids is 1. The Balaban J connectivity index is 1.52. The van der Waals surface area contributed by atoms with Crippen molar-refractivity contribution >= 4 is 18.0 Å². The first-order chi connectivity index (χ1) is 11.8. The molecule has 0 unspecified atom stereocenters. The zero-order valence-corrected chi connectivity index (χ0v) is 12.8. The Kier molecular flexibility index (Phi) is 4.99. The van der Waals surface area contributed by atoms with Gasteiger partial charge in [0.2, 0.25) is 0 Å². The van der Waals surface area contributed by atoms with Gasteiger partial charge in [0.15, 0.2) is 6.61 Å². The van der Waals surface area contributed by atoms with Crippen LogP contribution in [0.3, 0.4) is 0 Å². The van der Waals surface area contributed by atoms with E-state index in [-0.39, 0.29) is 24.4 Å². The van der Waals surface area contributed by atoms with E-state index in [2.05, 4.69) is 15.5 Å². The first-order valence-corrected chi connectivity index (χ1v) is 7.34. The first kappa shape index (κ1) is 15.5. The van der Waals surface area contributed by atoms with Crippen molar-refractivity contribution in [1.29, 1.82) is 0 Å². The van der Waals surface area contributed by atoms with Gasteiger partial charge in [-0.05, 0) is 23.8 Å². The molecule has 0 radical (unpaired) electrons. The summed E-state index contributed by atoms with van der Waals surface area (Å²) in [6.45, 7) is 0.132. The van der Waals surface area contributed by atoms with E-state index in [9.17, 15) is 4.79 Å². The minimum atomic E-state index is -0.349. The average molecular weight is 321 g/mol. The second kappa shape index (κ2) is 7.73. The van der Waals surface area contributed by atoms with Crippen molar-refractivity contribution in [2.24, 2.45) is 0 Å². The van der Waals surface area contributed by atoms with Crippen LogP contribution >= 0.6 is 0 Å². The zero-order chi connectivity index (χ0) is 16.6. The number of anilines is 1. The molecule has 1 N–H and O–H groups in total. The lowest BCUT2D eigenvalue weighted by molar-refractivity contribution is -0.112. The molecule has 6 heteroatoms. The lowest BCUT2D eigenvalue weighted by Gasteiger charge is -2.01. The molecule has 2 aromatic carbocycles. The lowest BCUT2D eigenvalue weighted by atomic mass is 10.2. The Morgan fingerprint density at radius 3 is 2.50 bits per heavy atom. The topological polar surface area (TPSA) is 77.2 Å². The largest absolute Gasteiger partial charge is 0.484 e. The molecule has 1 aromatic heterocycles. The van der Waals surface area contributed by atoms with Crippen molar-refractivity contribution < 1.29 is 13.9 Å². The van der Waals surface area contributed by atoms with Crippen LogP contribution in [-0.2, 0) is 11.4 Å². The number of benzene rings is 2. The van der Waals surface area contributed by atoms with Crippen LogP contribution in [0.2, 0.25) is 0 Å². The molecule has 0 saturated carbocycles. The van der Waals surface area contributed by atoms with Crippen LogP contribution in [0.5, 0.6) is 5.75 Å². The van der Waals surface area contributed by atoms with Crippen molar-refractivity contribution in [1.82, 2.24) is 10.2 Å². The maximum absolute atomic E-state index is 11.8. The predicted molar refractivity (Wildman–Crippen MR) is 89.2 cm³/mol. The minimum absolute atomic E-state index is 0.0318. The molecule has 0 fully saturated rings. The third kappa shape index (κ3) is 4.54. The van der Waals surface area contributed by atoms with Crippen LogP contribution in [0.4, 0.5) is 6.01 Å². The second-order valence-electron chi connectivity index (χ2n) is 4.84. The van der Waals surface area contributed by atoms with Gasteiger partial charge in [0.25, 0.3) is 11.8 Å². The number of amides is 1. The first-order valence-electron chi connectivity index (χ1n) is 7.34. The second-order valence-corrected chi connectivity index (χ2v) is 4.84. The van der Waals surface area contributed by atoms with Crippen LogP contribution in [0.1, 0.15) is 11.5 Å². The molecule has 24 heavy (non-hydrogen) atoms. The number of hydrogen-bond acceptors (Lipinski definition) is 5. The molecule has 0 atom stereocenters. The quantitative estimate of drug-likeness (QED) is 0.705. The highest BCUT2D eigenvalue weighted by molar-refractivity contribution is 6.00. The molecule has 1 heterocycles. The smallest absolute Gasteiger partial charge is 0.322 e. The minimum Gasteiger partial charge on any atom is -0.484 e. The van der Waals surface area contributed by atoms with Crippen LogP contribution in [-0.4, -0.2) is 16.1 Å². The van der Waals surface area contributed by atoms with E-state index >= 15 is 0 Å². The molecular formula is C18H15N3O3. The predicted octanol–water partition coefficient (Wildman–Crippen LogP) is 3.30. The van der Waals surface area contributed by atoms with E-state index in [0.29, 0.717) is 5.75 Å². The number of carbonyl (C=O) groups is 1. The Bertz CT molecular complexity index is 814. The van der Waals surface area contributed by atoms with Crippen LogP contribution in [0.15, 0.2) is 71.2 Å². The lowest BCUT2D eigenvalue weighted by Crippen LogP contribution is -2.07. The normalized spacial score (nSPS) is 10.7. The highest BCUT2D eigenvalue weighted by Gasteiger charge is 2.08. The average Bonchev–Trinajstić information content (AvgIpc) is 3.07. The molecular weight excluding hydrogens is 306 g/mol. The summed E-state index contributed by atoms with van der Waals surface area (Å²) in [5.41, 5.74) is 0.926. The zero-order valence-electron chi connectivity index (χ0n) is 12.8. The molecule has 0 saturated heterocycles. The summed E-state index contributed by atoms with van der Waals surface area (Å²) < 4.78 is 10.8. The summed E-state index contributed by atoms with van der Waals surface area (Å²) in [6.07, 6.45) is 3.10. The SMILES string of the molecule is O=C(C=Cc1ccccc1)Nc1nnc(COc2ccccc2)o1. The summed E-state index contributed by atoms with van der Waals surface area (Å²) in [4.78, 5) is 11.8. The number of aromatic nitrogens is 2. The van der Waals surface area contributed by atoms with E-state index in [0.717, 1.165) is 5.56 Å². The van der Waals surface area contributed by atoms with Gasteiger partial charge in [0.05, 0.1) is 0 Å². The van der Waals surface area contributed by atoms with Crippen molar-refractivity contribution in [3.63, 3.8) is 0 Å². The number of ether oxygens (including phenoxy) is 1. The molecule has 3 rings (SSSR count). The molecule has 0 spiro atoms. The maximum Gasteiger partial charge on any atom is 0.322 e. The van der Waals surface area contributed by atoms with E-state index in [1.807, 2.05) is 60.7 Å². The summed E-state index contributed by atoms with van der Waals surface area (Å²) in [7, 11) is 0. The Morgan fingerprint density at radius 1 is 1.04 bits per heavy atom. The van der Waals surface area contributed by atoms with Gasteiger partial charge in [-0.1, -0.05) is 53.6 Å². The standard InChI is InChI=1S/C18H15N3O3/c22-16(12-11-14-7-3-1-4-8-14)19-18-21-20-17(24-18)13-23-15-9-5-2-6-10-15/h1-12H,13H2,(H,19,21,22). The van der Waals surface area contributed by atoms with Crippen LogP contribution in [0, 0.1) is 0 Å². The monoisotopic (exact) mass is 321 g/mol. The summed E-state index contributed by atoms with van der Waals surface area (Å²) in [6, 6.07) is 18.8. The highest BCUT2D eigenvalue weighted by atomic mass is 16.5. The van der Waals surface area contributed by atoms with Gasteiger partial charge in [0, 0.05) is 6.08 Å². The van der Waals surface area contributed by atoms with Crippen molar-refractivity contribution in [3.8, 4) is 5.75 Å². The van der Waals surface area contributed by atoms with E-state index < -0.39 is 0 Å². The summed E-state index contributed by atoms with van der Waals surface area (Å²) in [5, 5.41) is 10.1. The Hall–Kier alpha value is -3.41. The van der Waals surface area contributed by atoms with Gasteiger partial charge in [-0.2, -0.15) is 0 Å². The third-order valence-electron chi connectivity index (χ3n) is 3.03. The van der Waals surface area contributed by atoms with Gasteiger partial charge in [-0.15, -0.1) is 5.10 Å². The van der Waals surface area contributed by atoms with Gasteiger partial charge in [-0.25, -0.2) is 0 Å². The molecule has 1 amide bonds. The number of nitrogens with zero attached hydrogens (tertiary/aromatic N) is 2. The molecule has 6 nitrogen and oxygen atoms in total. The Morgan fingerprint density at radius 2 is 1.75 bits per heavy atom. The fraction of sp³-hybridized carbons (Fsp3) is 0.0556. The third-order valence-corrected chi connectivity index (χ3v) is 3.03. The van der Waals surface area contributed by atoms with Gasteiger partial charge in [-0.3, -0.25) is 10.1 Å². The molecule has 120 valence electrons. The van der Waals surface area contributed by atoms with E-state index in [4.69, 9.17) is 9.15 Å². The molecule has 0 aliphatic heterocycles. The number of hydrogen-bond donors (Lipinski definition) is 1. The fourth-order valence-corrected chi connectivity index (χ4v) is 1.91. The highest BCUT2D eigenvalue weighted by Crippen LogP contribution is 2.12. The molecule has 3 aromatic rings. The van der Waals surface area contributed by atoms with Gasteiger partial charge in [0.1, 0.15) is 5.75 Å². The van der Waals surface area contributed by atoms with Crippen LogP contribution < -0.4 is 10.1 Å². The Labute approximate surface area is 138 Å². The van der Waals surface area contributed by atoms with Crippen molar-refractivity contribution in [2.45, 2.75) is 6.61 Å². The molecule has 0 bridgehead atoms. The molecule has 0 aliphatic carbocycles. The molecule has 0 aliphatic rings.